The number of nitrogens with one attached hydrogen (secondary N) is 1. The van der Waals surface area contributed by atoms with Gasteiger partial charge in [-0.2, -0.15) is 0 Å². The SMILES string of the molecule is CC1=N[C@]2(CC[C@H](C)N3C[C@H]2n2cc(C(=O)NCc4ccc(C)cc4F)c(=O)c(O)c2C3=O)ON1C. The number of hydroxylamine groups is 2. The number of carbonyl (C=O) groups is 2. The Hall–Kier alpha value is -3.73. The smallest absolute Gasteiger partial charge is 0.274 e. The van der Waals surface area contributed by atoms with E-state index < -0.39 is 40.6 Å². The van der Waals surface area contributed by atoms with E-state index in [4.69, 9.17) is 9.83 Å². The van der Waals surface area contributed by atoms with Gasteiger partial charge in [-0.25, -0.2) is 19.3 Å². The number of aromatic nitrogens is 1. The molecule has 3 aliphatic rings. The summed E-state index contributed by atoms with van der Waals surface area (Å²) in [7, 11) is 1.74. The van der Waals surface area contributed by atoms with Crippen LogP contribution < -0.4 is 10.7 Å². The van der Waals surface area contributed by atoms with Crippen LogP contribution in [-0.4, -0.2) is 62.6 Å². The largest absolute Gasteiger partial charge is 0.503 e. The maximum atomic E-state index is 14.2. The Morgan fingerprint density at radius 1 is 1.33 bits per heavy atom. The minimum atomic E-state index is -1.07. The highest BCUT2D eigenvalue weighted by Crippen LogP contribution is 2.45. The molecule has 0 unspecified atom stereocenters. The van der Waals surface area contributed by atoms with Crippen molar-refractivity contribution in [1.29, 1.82) is 0 Å². The third-order valence-electron chi connectivity index (χ3n) is 7.35. The summed E-state index contributed by atoms with van der Waals surface area (Å²) in [5.41, 5.74) is -1.60. The predicted molar refractivity (Wildman–Crippen MR) is 128 cm³/mol. The lowest BCUT2D eigenvalue weighted by Crippen LogP contribution is -2.52. The molecule has 10 nitrogen and oxygen atoms in total. The van der Waals surface area contributed by atoms with Crippen molar-refractivity contribution >= 4 is 17.6 Å². The van der Waals surface area contributed by atoms with E-state index in [0.717, 1.165) is 5.56 Å². The average Bonchev–Trinajstić information content (AvgIpc) is 3.06. The van der Waals surface area contributed by atoms with Gasteiger partial charge in [-0.05, 0) is 38.8 Å². The fraction of sp³-hybridized carbons (Fsp3) is 0.440. The third kappa shape index (κ3) is 3.65. The van der Waals surface area contributed by atoms with Crippen LogP contribution in [0.5, 0.6) is 5.75 Å². The number of halogens is 1. The van der Waals surface area contributed by atoms with Gasteiger partial charge >= 0.3 is 0 Å². The molecule has 1 aromatic heterocycles. The number of carbonyl (C=O) groups excluding carboxylic acids is 2. The van der Waals surface area contributed by atoms with Crippen LogP contribution >= 0.6 is 0 Å². The molecule has 1 aromatic carbocycles. The van der Waals surface area contributed by atoms with Gasteiger partial charge < -0.3 is 19.9 Å². The number of nitrogens with zero attached hydrogens (tertiary/aromatic N) is 4. The second-order valence-electron chi connectivity index (χ2n) is 9.71. The van der Waals surface area contributed by atoms with Crippen LogP contribution in [0.4, 0.5) is 4.39 Å². The summed E-state index contributed by atoms with van der Waals surface area (Å²) in [5, 5.41) is 15.0. The van der Waals surface area contributed by atoms with Gasteiger partial charge in [0, 0.05) is 44.4 Å². The molecule has 0 radical (unpaired) electrons. The fourth-order valence-electron chi connectivity index (χ4n) is 5.18. The van der Waals surface area contributed by atoms with Gasteiger partial charge in [0.1, 0.15) is 23.3 Å². The zero-order valence-electron chi connectivity index (χ0n) is 20.5. The van der Waals surface area contributed by atoms with Gasteiger partial charge in [-0.1, -0.05) is 12.1 Å². The minimum Gasteiger partial charge on any atom is -0.503 e. The number of amidine groups is 1. The van der Waals surface area contributed by atoms with Crippen molar-refractivity contribution in [2.75, 3.05) is 13.6 Å². The molecule has 1 saturated heterocycles. The van der Waals surface area contributed by atoms with E-state index in [0.29, 0.717) is 18.7 Å². The van der Waals surface area contributed by atoms with Gasteiger partial charge in [0.15, 0.2) is 11.4 Å². The normalized spacial score (nSPS) is 25.0. The summed E-state index contributed by atoms with van der Waals surface area (Å²) in [6.45, 7) is 5.54. The number of hydrogen-bond donors (Lipinski definition) is 2. The average molecular weight is 498 g/mol. The first kappa shape index (κ1) is 24.0. The minimum absolute atomic E-state index is 0.151. The molecule has 1 spiro atoms. The van der Waals surface area contributed by atoms with Crippen molar-refractivity contribution in [2.45, 2.75) is 58.0 Å². The molecule has 3 aliphatic heterocycles. The quantitative estimate of drug-likeness (QED) is 0.671. The molecule has 2 bridgehead atoms. The number of hydrogen-bond acceptors (Lipinski definition) is 7. The highest BCUT2D eigenvalue weighted by Gasteiger charge is 2.54. The van der Waals surface area contributed by atoms with Crippen molar-refractivity contribution in [3.05, 3.63) is 62.8 Å². The molecule has 2 N–H and O–H groups in total. The molecule has 36 heavy (non-hydrogen) atoms. The van der Waals surface area contributed by atoms with Crippen LogP contribution in [0, 0.1) is 12.7 Å². The Balaban J connectivity index is 1.57. The van der Waals surface area contributed by atoms with Crippen LogP contribution in [0.2, 0.25) is 0 Å². The summed E-state index contributed by atoms with van der Waals surface area (Å²) < 4.78 is 15.7. The molecule has 2 aromatic rings. The maximum Gasteiger partial charge on any atom is 0.274 e. The van der Waals surface area contributed by atoms with Gasteiger partial charge in [-0.3, -0.25) is 14.4 Å². The van der Waals surface area contributed by atoms with Gasteiger partial charge in [-0.15, -0.1) is 0 Å². The molecule has 1 fully saturated rings. The zero-order valence-corrected chi connectivity index (χ0v) is 20.5. The number of aromatic hydroxyl groups is 1. The molecular weight excluding hydrogens is 469 g/mol. The second-order valence-corrected chi connectivity index (χ2v) is 9.71. The summed E-state index contributed by atoms with van der Waals surface area (Å²) in [4.78, 5) is 51.9. The van der Waals surface area contributed by atoms with Gasteiger partial charge in [0.05, 0.1) is 0 Å². The molecule has 190 valence electrons. The van der Waals surface area contributed by atoms with Gasteiger partial charge in [0.2, 0.25) is 11.2 Å². The molecule has 3 atom stereocenters. The number of aliphatic imine (C=N–C) groups is 1. The maximum absolute atomic E-state index is 14.2. The molecule has 0 saturated carbocycles. The fourth-order valence-corrected chi connectivity index (χ4v) is 5.18. The van der Waals surface area contributed by atoms with Crippen LogP contribution in [0.1, 0.15) is 64.7 Å². The molecule has 5 rings (SSSR count). The number of aryl methyl sites for hydroxylation is 1. The van der Waals surface area contributed by atoms with Crippen molar-refractivity contribution in [2.24, 2.45) is 4.99 Å². The van der Waals surface area contributed by atoms with E-state index in [1.807, 2.05) is 13.8 Å². The molecule has 0 aliphatic carbocycles. The van der Waals surface area contributed by atoms with Crippen LogP contribution in [0.3, 0.4) is 0 Å². The predicted octanol–water partition coefficient (Wildman–Crippen LogP) is 2.10. The lowest BCUT2D eigenvalue weighted by molar-refractivity contribution is -0.189. The standard InChI is InChI=1S/C25H28FN5O5/c1-13-5-6-16(18(26)9-13)10-27-23(34)17-11-31-19-12-30(24(35)20(31)22(33)21(17)32)14(2)7-8-25(19)28-15(3)29(4)36-25/h5-6,9,11,14,19,33H,7-8,10,12H2,1-4H3,(H,27,34)/t14-,19+,25+/m0/s1. The Bertz CT molecular complexity index is 1370. The molecular formula is C25H28FN5O5. The summed E-state index contributed by atoms with van der Waals surface area (Å²) in [5.74, 6) is -1.92. The summed E-state index contributed by atoms with van der Waals surface area (Å²) in [6, 6.07) is 3.86. The second kappa shape index (κ2) is 8.44. The van der Waals surface area contributed by atoms with Crippen molar-refractivity contribution < 1.29 is 23.9 Å². The zero-order chi connectivity index (χ0) is 25.9. The lowest BCUT2D eigenvalue weighted by atomic mass is 9.97. The Kier molecular flexibility index (Phi) is 5.62. The van der Waals surface area contributed by atoms with Crippen LogP contribution in [-0.2, 0) is 11.4 Å². The molecule has 2 amide bonds. The van der Waals surface area contributed by atoms with Crippen LogP contribution in [0.25, 0.3) is 0 Å². The van der Waals surface area contributed by atoms with E-state index >= 15 is 0 Å². The van der Waals surface area contributed by atoms with E-state index in [1.54, 1.807) is 36.1 Å². The molecule has 4 heterocycles. The van der Waals surface area contributed by atoms with Crippen molar-refractivity contribution in [3.8, 4) is 5.75 Å². The van der Waals surface area contributed by atoms with Crippen LogP contribution in [0.15, 0.2) is 34.2 Å². The Morgan fingerprint density at radius 3 is 2.75 bits per heavy atom. The van der Waals surface area contributed by atoms with Gasteiger partial charge in [0.25, 0.3) is 11.8 Å². The third-order valence-corrected chi connectivity index (χ3v) is 7.35. The molecule has 11 heteroatoms. The first-order chi connectivity index (χ1) is 17.0. The topological polar surface area (TPSA) is 116 Å². The number of rotatable bonds is 3. The Labute approximate surface area is 206 Å². The Morgan fingerprint density at radius 2 is 2.08 bits per heavy atom. The number of pyridine rings is 1. The van der Waals surface area contributed by atoms with Crippen molar-refractivity contribution in [1.82, 2.24) is 19.8 Å². The number of fused-ring (bicyclic) bond motifs is 5. The lowest BCUT2D eigenvalue weighted by Gasteiger charge is -2.41. The van der Waals surface area contributed by atoms with E-state index in [1.165, 1.54) is 16.8 Å². The first-order valence-electron chi connectivity index (χ1n) is 11.8. The summed E-state index contributed by atoms with van der Waals surface area (Å²) >= 11 is 0. The first-order valence-corrected chi connectivity index (χ1v) is 11.8. The van der Waals surface area contributed by atoms with E-state index in [9.17, 15) is 23.9 Å². The monoisotopic (exact) mass is 497 g/mol. The van der Waals surface area contributed by atoms with Crippen molar-refractivity contribution in [3.63, 3.8) is 0 Å². The number of amides is 2. The number of benzene rings is 1. The summed E-state index contributed by atoms with van der Waals surface area (Å²) in [6.07, 6.45) is 2.37. The van der Waals surface area contributed by atoms with E-state index in [2.05, 4.69) is 5.32 Å². The highest BCUT2D eigenvalue weighted by atomic mass is 19.1. The van der Waals surface area contributed by atoms with E-state index in [-0.39, 0.29) is 36.0 Å². The highest BCUT2D eigenvalue weighted by molar-refractivity contribution is 5.99.